The molecule has 3 aromatic carbocycles. The highest BCUT2D eigenvalue weighted by atomic mass is 35.5. The minimum atomic E-state index is -0.644. The van der Waals surface area contributed by atoms with Gasteiger partial charge in [0.25, 0.3) is 5.69 Å². The Bertz CT molecular complexity index is 1220. The van der Waals surface area contributed by atoms with Crippen LogP contribution in [0.3, 0.4) is 0 Å². The van der Waals surface area contributed by atoms with Crippen LogP contribution in [0.4, 0.5) is 10.1 Å². The van der Waals surface area contributed by atoms with Crippen LogP contribution in [0.5, 0.6) is 5.75 Å². The van der Waals surface area contributed by atoms with Crippen LogP contribution in [0.2, 0.25) is 10.0 Å². The Balaban J connectivity index is 1.60. The number of non-ortho nitro benzene ring substituents is 1. The van der Waals surface area contributed by atoms with Crippen molar-refractivity contribution in [1.29, 1.82) is 0 Å². The third-order valence-corrected chi connectivity index (χ3v) is 5.87. The molecule has 31 heavy (non-hydrogen) atoms. The van der Waals surface area contributed by atoms with Gasteiger partial charge in [0, 0.05) is 34.7 Å². The normalized spacial score (nSPS) is 19.3. The average Bonchev–Trinajstić information content (AvgIpc) is 3.19. The predicted octanol–water partition coefficient (Wildman–Crippen LogP) is 6.28. The molecule has 2 atom stereocenters. The number of rotatable bonds is 3. The molecule has 0 radical (unpaired) electrons. The van der Waals surface area contributed by atoms with E-state index in [1.807, 2.05) is 0 Å². The maximum absolute atomic E-state index is 13.4. The topological polar surface area (TPSA) is 68.0 Å². The number of benzene rings is 3. The lowest BCUT2D eigenvalue weighted by Crippen LogP contribution is -2.33. The van der Waals surface area contributed by atoms with Crippen molar-refractivity contribution < 1.29 is 14.1 Å². The zero-order chi connectivity index (χ0) is 21.7. The van der Waals surface area contributed by atoms with Crippen molar-refractivity contribution in [2.45, 2.75) is 18.7 Å². The number of halogens is 3. The summed E-state index contributed by atoms with van der Waals surface area (Å²) >= 11 is 12.7. The molecule has 0 amide bonds. The molecule has 156 valence electrons. The Morgan fingerprint density at radius 2 is 1.81 bits per heavy atom. The second-order valence-electron chi connectivity index (χ2n) is 7.28. The second kappa shape index (κ2) is 7.51. The van der Waals surface area contributed by atoms with Crippen LogP contribution < -0.4 is 4.74 Å². The molecular formula is C22H14Cl2FN3O3. The molecule has 0 aromatic heterocycles. The molecule has 0 aliphatic carbocycles. The highest BCUT2D eigenvalue weighted by molar-refractivity contribution is 6.35. The summed E-state index contributed by atoms with van der Waals surface area (Å²) in [5.41, 5.74) is 3.04. The SMILES string of the molecule is O=[N+]([O-])c1ccc(C2Oc3c(Cl)cc(Cl)cc3C3CC(c4ccc(F)cc4)=NN32)cc1. The number of ether oxygens (including phenoxy) is 1. The molecular weight excluding hydrogens is 444 g/mol. The first-order valence-corrected chi connectivity index (χ1v) is 10.2. The largest absolute Gasteiger partial charge is 0.463 e. The lowest BCUT2D eigenvalue weighted by Gasteiger charge is -2.38. The molecule has 6 nitrogen and oxygen atoms in total. The Kier molecular flexibility index (Phi) is 4.79. The van der Waals surface area contributed by atoms with Crippen LogP contribution >= 0.6 is 23.2 Å². The third kappa shape index (κ3) is 3.49. The quantitative estimate of drug-likeness (QED) is 0.342. The lowest BCUT2D eigenvalue weighted by atomic mass is 9.96. The number of nitro benzene ring substituents is 1. The van der Waals surface area contributed by atoms with E-state index >= 15 is 0 Å². The van der Waals surface area contributed by atoms with Gasteiger partial charge in [-0.15, -0.1) is 0 Å². The van der Waals surface area contributed by atoms with E-state index in [0.717, 1.165) is 16.8 Å². The molecule has 2 unspecified atom stereocenters. The van der Waals surface area contributed by atoms with Gasteiger partial charge >= 0.3 is 0 Å². The smallest absolute Gasteiger partial charge is 0.269 e. The second-order valence-corrected chi connectivity index (χ2v) is 8.12. The van der Waals surface area contributed by atoms with Crippen LogP contribution in [-0.2, 0) is 0 Å². The van der Waals surface area contributed by atoms with Crippen molar-refractivity contribution >= 4 is 34.6 Å². The number of hydrogen-bond donors (Lipinski definition) is 0. The maximum atomic E-state index is 13.4. The summed E-state index contributed by atoms with van der Waals surface area (Å²) in [6, 6.07) is 15.5. The summed E-state index contributed by atoms with van der Waals surface area (Å²) in [7, 11) is 0. The van der Waals surface area contributed by atoms with E-state index in [-0.39, 0.29) is 17.5 Å². The molecule has 2 heterocycles. The molecule has 9 heteroatoms. The monoisotopic (exact) mass is 457 g/mol. The van der Waals surface area contributed by atoms with Gasteiger partial charge in [-0.1, -0.05) is 35.3 Å². The molecule has 2 aliphatic rings. The van der Waals surface area contributed by atoms with E-state index in [9.17, 15) is 14.5 Å². The Morgan fingerprint density at radius 3 is 2.48 bits per heavy atom. The van der Waals surface area contributed by atoms with Gasteiger partial charge in [0.05, 0.1) is 21.7 Å². The summed E-state index contributed by atoms with van der Waals surface area (Å²) in [6.45, 7) is 0. The summed E-state index contributed by atoms with van der Waals surface area (Å²) in [4.78, 5) is 10.6. The van der Waals surface area contributed by atoms with Gasteiger partial charge in [0.2, 0.25) is 6.23 Å². The number of fused-ring (bicyclic) bond motifs is 3. The fourth-order valence-electron chi connectivity index (χ4n) is 3.91. The number of nitro groups is 1. The number of hydrogen-bond acceptors (Lipinski definition) is 5. The van der Waals surface area contributed by atoms with Crippen molar-refractivity contribution in [3.8, 4) is 5.75 Å². The molecule has 0 spiro atoms. The summed E-state index contributed by atoms with van der Waals surface area (Å²) < 4.78 is 19.6. The molecule has 0 N–H and O–H groups in total. The first-order valence-electron chi connectivity index (χ1n) is 9.42. The van der Waals surface area contributed by atoms with Gasteiger partial charge in [-0.2, -0.15) is 5.10 Å². The standard InChI is InChI=1S/C22H14Cl2FN3O3/c23-14-9-17-20-11-19(12-1-5-15(25)6-2-12)26-27(20)22(31-21(17)18(24)10-14)13-3-7-16(8-4-13)28(29)30/h1-10,20,22H,11H2. The molecule has 0 saturated carbocycles. The molecule has 0 saturated heterocycles. The first-order chi connectivity index (χ1) is 14.9. The maximum Gasteiger partial charge on any atom is 0.269 e. The van der Waals surface area contributed by atoms with Crippen molar-refractivity contribution in [3.63, 3.8) is 0 Å². The van der Waals surface area contributed by atoms with E-state index in [2.05, 4.69) is 0 Å². The van der Waals surface area contributed by atoms with E-state index in [0.29, 0.717) is 27.8 Å². The van der Waals surface area contributed by atoms with E-state index < -0.39 is 11.2 Å². The molecule has 0 bridgehead atoms. The van der Waals surface area contributed by atoms with Gasteiger partial charge in [0.1, 0.15) is 11.6 Å². The van der Waals surface area contributed by atoms with Crippen LogP contribution in [0.25, 0.3) is 0 Å². The van der Waals surface area contributed by atoms with Crippen molar-refractivity contribution in [3.05, 3.63) is 103 Å². The summed E-state index contributed by atoms with van der Waals surface area (Å²) in [5, 5.41) is 18.4. The van der Waals surface area contributed by atoms with Gasteiger partial charge in [-0.3, -0.25) is 10.1 Å². The van der Waals surface area contributed by atoms with Gasteiger partial charge in [0.15, 0.2) is 0 Å². The van der Waals surface area contributed by atoms with Crippen LogP contribution in [-0.4, -0.2) is 15.6 Å². The van der Waals surface area contributed by atoms with E-state index in [4.69, 9.17) is 33.0 Å². The molecule has 2 aliphatic heterocycles. The van der Waals surface area contributed by atoms with Gasteiger partial charge in [-0.05, 0) is 42.0 Å². The number of hydrazone groups is 1. The van der Waals surface area contributed by atoms with Crippen molar-refractivity contribution in [1.82, 2.24) is 5.01 Å². The number of nitrogens with zero attached hydrogens (tertiary/aromatic N) is 3. The molecule has 5 rings (SSSR count). The fourth-order valence-corrected chi connectivity index (χ4v) is 4.47. The van der Waals surface area contributed by atoms with Crippen LogP contribution in [0.1, 0.15) is 35.4 Å². The summed E-state index contributed by atoms with van der Waals surface area (Å²) in [5.74, 6) is 0.183. The third-order valence-electron chi connectivity index (χ3n) is 5.37. The highest BCUT2D eigenvalue weighted by Gasteiger charge is 2.42. The van der Waals surface area contributed by atoms with E-state index in [1.54, 1.807) is 41.4 Å². The van der Waals surface area contributed by atoms with E-state index in [1.165, 1.54) is 24.3 Å². The first kappa shape index (κ1) is 19.8. The molecule has 0 fully saturated rings. The Labute approximate surface area is 186 Å². The van der Waals surface area contributed by atoms with Crippen molar-refractivity contribution in [2.75, 3.05) is 0 Å². The van der Waals surface area contributed by atoms with Gasteiger partial charge in [-0.25, -0.2) is 9.40 Å². The molecule has 3 aromatic rings. The van der Waals surface area contributed by atoms with Crippen LogP contribution in [0.15, 0.2) is 65.8 Å². The predicted molar refractivity (Wildman–Crippen MR) is 115 cm³/mol. The van der Waals surface area contributed by atoms with Crippen LogP contribution in [0, 0.1) is 15.9 Å². The van der Waals surface area contributed by atoms with Crippen molar-refractivity contribution in [2.24, 2.45) is 5.10 Å². The lowest BCUT2D eigenvalue weighted by molar-refractivity contribution is -0.384. The zero-order valence-corrected chi connectivity index (χ0v) is 17.3. The fraction of sp³-hybridized carbons (Fsp3) is 0.136. The Morgan fingerprint density at radius 1 is 1.10 bits per heavy atom. The zero-order valence-electron chi connectivity index (χ0n) is 15.8. The van der Waals surface area contributed by atoms with Gasteiger partial charge < -0.3 is 4.74 Å². The Hall–Kier alpha value is -3.16. The minimum Gasteiger partial charge on any atom is -0.463 e. The summed E-state index contributed by atoms with van der Waals surface area (Å²) in [6.07, 6.45) is -0.0998. The average molecular weight is 458 g/mol. The highest BCUT2D eigenvalue weighted by Crippen LogP contribution is 2.50. The minimum absolute atomic E-state index is 0.0155.